The first-order valence-corrected chi connectivity index (χ1v) is 6.78. The Labute approximate surface area is 117 Å². The van der Waals surface area contributed by atoms with Crippen molar-refractivity contribution in [3.05, 3.63) is 53.7 Å². The van der Waals surface area contributed by atoms with Gasteiger partial charge in [0.1, 0.15) is 0 Å². The van der Waals surface area contributed by atoms with Gasteiger partial charge in [-0.15, -0.1) is 0 Å². The van der Waals surface area contributed by atoms with Gasteiger partial charge in [-0.25, -0.2) is 4.98 Å². The summed E-state index contributed by atoms with van der Waals surface area (Å²) in [5.74, 6) is 0. The predicted octanol–water partition coefficient (Wildman–Crippen LogP) is 4.12. The molecule has 3 nitrogen and oxygen atoms in total. The first-order chi connectivity index (χ1) is 9.16. The summed E-state index contributed by atoms with van der Waals surface area (Å²) in [5.41, 5.74) is 2.36. The van der Waals surface area contributed by atoms with E-state index in [4.69, 9.17) is 11.6 Å². The summed E-state index contributed by atoms with van der Waals surface area (Å²) in [6, 6.07) is 8.49. The van der Waals surface area contributed by atoms with Crippen molar-refractivity contribution in [1.29, 1.82) is 0 Å². The Bertz CT molecular complexity index is 709. The van der Waals surface area contributed by atoms with Crippen LogP contribution in [0.5, 0.6) is 0 Å². The van der Waals surface area contributed by atoms with Gasteiger partial charge in [-0.1, -0.05) is 17.7 Å². The second-order valence-electron chi connectivity index (χ2n) is 5.00. The summed E-state index contributed by atoms with van der Waals surface area (Å²) in [5, 5.41) is 1.90. The molecule has 0 aliphatic rings. The highest BCUT2D eigenvalue weighted by Crippen LogP contribution is 2.25. The van der Waals surface area contributed by atoms with Crippen molar-refractivity contribution >= 4 is 22.5 Å². The molecule has 0 bridgehead atoms. The molecule has 2 heterocycles. The smallest absolute Gasteiger partial charge is 0.0951 e. The van der Waals surface area contributed by atoms with Crippen molar-refractivity contribution in [3.8, 4) is 0 Å². The fourth-order valence-corrected chi connectivity index (χ4v) is 2.65. The second kappa shape index (κ2) is 4.74. The molecule has 0 amide bonds. The molecule has 0 spiro atoms. The molecule has 0 N–H and O–H groups in total. The Balaban J connectivity index is 2.02. The van der Waals surface area contributed by atoms with Gasteiger partial charge in [-0.3, -0.25) is 0 Å². The Kier molecular flexibility index (Phi) is 3.07. The number of nitrogens with zero attached hydrogens (tertiary/aromatic N) is 3. The van der Waals surface area contributed by atoms with Crippen molar-refractivity contribution in [2.45, 2.75) is 26.4 Å². The van der Waals surface area contributed by atoms with Gasteiger partial charge in [0.15, 0.2) is 0 Å². The zero-order valence-corrected chi connectivity index (χ0v) is 11.8. The lowest BCUT2D eigenvalue weighted by molar-refractivity contribution is 0.564. The number of hydrogen-bond donors (Lipinski definition) is 0. The van der Waals surface area contributed by atoms with Gasteiger partial charge >= 0.3 is 0 Å². The lowest BCUT2D eigenvalue weighted by Gasteiger charge is -2.13. The molecule has 0 aliphatic heterocycles. The standard InChI is InChI=1S/C15H16ClN3/c1-11(2)19-10-17-8-12(19)9-18-7-6-13-14(16)4-3-5-15(13)18/h3-8,10-11H,9H2,1-2H3. The molecule has 0 radical (unpaired) electrons. The fraction of sp³-hybridized carbons (Fsp3) is 0.267. The van der Waals surface area contributed by atoms with E-state index in [1.807, 2.05) is 24.7 Å². The monoisotopic (exact) mass is 273 g/mol. The number of fused-ring (bicyclic) bond motifs is 1. The Morgan fingerprint density at radius 1 is 1.26 bits per heavy atom. The third-order valence-electron chi connectivity index (χ3n) is 3.40. The third-order valence-corrected chi connectivity index (χ3v) is 3.73. The van der Waals surface area contributed by atoms with E-state index >= 15 is 0 Å². The van der Waals surface area contributed by atoms with E-state index in [1.54, 1.807) is 0 Å². The maximum Gasteiger partial charge on any atom is 0.0951 e. The van der Waals surface area contributed by atoms with E-state index in [-0.39, 0.29) is 0 Å². The van der Waals surface area contributed by atoms with Crippen LogP contribution in [0.15, 0.2) is 43.0 Å². The molecule has 3 aromatic rings. The minimum atomic E-state index is 0.419. The molecular weight excluding hydrogens is 258 g/mol. The summed E-state index contributed by atoms with van der Waals surface area (Å²) < 4.78 is 4.40. The number of halogens is 1. The van der Waals surface area contributed by atoms with E-state index in [0.29, 0.717) is 6.04 Å². The van der Waals surface area contributed by atoms with Gasteiger partial charge in [0, 0.05) is 34.4 Å². The molecular formula is C15H16ClN3. The van der Waals surface area contributed by atoms with E-state index in [1.165, 1.54) is 5.69 Å². The Hall–Kier alpha value is -1.74. The van der Waals surface area contributed by atoms with Crippen molar-refractivity contribution in [2.75, 3.05) is 0 Å². The lowest BCUT2D eigenvalue weighted by Crippen LogP contribution is -2.08. The summed E-state index contributed by atoms with van der Waals surface area (Å²) in [4.78, 5) is 4.25. The van der Waals surface area contributed by atoms with Gasteiger partial charge in [-0.2, -0.15) is 0 Å². The first-order valence-electron chi connectivity index (χ1n) is 6.41. The van der Waals surface area contributed by atoms with Crippen molar-refractivity contribution in [2.24, 2.45) is 0 Å². The zero-order valence-electron chi connectivity index (χ0n) is 11.0. The molecule has 0 aliphatic carbocycles. The quantitative estimate of drug-likeness (QED) is 0.704. The van der Waals surface area contributed by atoms with Crippen LogP contribution in [0.1, 0.15) is 25.6 Å². The van der Waals surface area contributed by atoms with Crippen molar-refractivity contribution in [1.82, 2.24) is 14.1 Å². The van der Waals surface area contributed by atoms with Gasteiger partial charge in [0.2, 0.25) is 0 Å². The molecule has 4 heteroatoms. The van der Waals surface area contributed by atoms with Crippen LogP contribution < -0.4 is 0 Å². The number of benzene rings is 1. The molecule has 0 unspecified atom stereocenters. The van der Waals surface area contributed by atoms with E-state index < -0.39 is 0 Å². The molecule has 98 valence electrons. The predicted molar refractivity (Wildman–Crippen MR) is 78.7 cm³/mol. The molecule has 0 saturated carbocycles. The zero-order chi connectivity index (χ0) is 13.4. The summed E-state index contributed by atoms with van der Waals surface area (Å²) in [6.07, 6.45) is 5.89. The fourth-order valence-electron chi connectivity index (χ4n) is 2.42. The van der Waals surface area contributed by atoms with Crippen LogP contribution in [0.25, 0.3) is 10.9 Å². The van der Waals surface area contributed by atoms with Crippen LogP contribution in [0.4, 0.5) is 0 Å². The molecule has 0 fully saturated rings. The van der Waals surface area contributed by atoms with Crippen LogP contribution in [0.2, 0.25) is 5.02 Å². The molecule has 19 heavy (non-hydrogen) atoms. The Morgan fingerprint density at radius 2 is 2.11 bits per heavy atom. The highest BCUT2D eigenvalue weighted by Gasteiger charge is 2.08. The number of aromatic nitrogens is 3. The minimum Gasteiger partial charge on any atom is -0.341 e. The molecule has 0 atom stereocenters. The molecule has 2 aromatic heterocycles. The topological polar surface area (TPSA) is 22.8 Å². The summed E-state index contributed by atoms with van der Waals surface area (Å²) in [7, 11) is 0. The van der Waals surface area contributed by atoms with Crippen LogP contribution in [-0.2, 0) is 6.54 Å². The van der Waals surface area contributed by atoms with E-state index in [0.717, 1.165) is 22.5 Å². The second-order valence-corrected chi connectivity index (χ2v) is 5.41. The first kappa shape index (κ1) is 12.3. The molecule has 0 saturated heterocycles. The normalized spacial score (nSPS) is 11.6. The van der Waals surface area contributed by atoms with Crippen molar-refractivity contribution in [3.63, 3.8) is 0 Å². The molecule has 3 rings (SSSR count). The van der Waals surface area contributed by atoms with Gasteiger partial charge in [0.05, 0.1) is 18.6 Å². The van der Waals surface area contributed by atoms with Crippen LogP contribution in [0.3, 0.4) is 0 Å². The third kappa shape index (κ3) is 2.15. The average molecular weight is 274 g/mol. The van der Waals surface area contributed by atoms with Crippen molar-refractivity contribution < 1.29 is 0 Å². The lowest BCUT2D eigenvalue weighted by atomic mass is 10.2. The van der Waals surface area contributed by atoms with Gasteiger partial charge in [-0.05, 0) is 32.0 Å². The number of hydrogen-bond acceptors (Lipinski definition) is 1. The maximum atomic E-state index is 6.20. The van der Waals surface area contributed by atoms with Crippen LogP contribution in [0, 0.1) is 0 Å². The SMILES string of the molecule is CC(C)n1cncc1Cn1ccc2c(Cl)cccc21. The highest BCUT2D eigenvalue weighted by molar-refractivity contribution is 6.35. The van der Waals surface area contributed by atoms with Crippen LogP contribution in [-0.4, -0.2) is 14.1 Å². The summed E-state index contributed by atoms with van der Waals surface area (Å²) >= 11 is 6.20. The van der Waals surface area contributed by atoms with E-state index in [9.17, 15) is 0 Å². The minimum absolute atomic E-state index is 0.419. The van der Waals surface area contributed by atoms with Crippen LogP contribution >= 0.6 is 11.6 Å². The van der Waals surface area contributed by atoms with E-state index in [2.05, 4.69) is 46.3 Å². The maximum absolute atomic E-state index is 6.20. The number of rotatable bonds is 3. The molecule has 1 aromatic carbocycles. The summed E-state index contributed by atoms with van der Waals surface area (Å²) in [6.45, 7) is 5.13. The average Bonchev–Trinajstić information content (AvgIpc) is 2.98. The number of imidazole rings is 1. The largest absolute Gasteiger partial charge is 0.341 e. The Morgan fingerprint density at radius 3 is 2.89 bits per heavy atom. The van der Waals surface area contributed by atoms with Gasteiger partial charge < -0.3 is 9.13 Å². The highest BCUT2D eigenvalue weighted by atomic mass is 35.5. The van der Waals surface area contributed by atoms with Gasteiger partial charge in [0.25, 0.3) is 0 Å².